The number of nitro groups is 1. The van der Waals surface area contributed by atoms with E-state index in [1.807, 2.05) is 0 Å². The molecule has 102 valence electrons. The number of amides is 2. The number of nitrogens with zero attached hydrogens (tertiary/aromatic N) is 1. The van der Waals surface area contributed by atoms with Crippen molar-refractivity contribution < 1.29 is 14.5 Å². The van der Waals surface area contributed by atoms with Gasteiger partial charge in [-0.25, -0.2) is 0 Å². The molecule has 0 spiro atoms. The Bertz CT molecular complexity index is 528. The number of rotatable bonds is 4. The van der Waals surface area contributed by atoms with Gasteiger partial charge in [0.15, 0.2) is 0 Å². The molecule has 0 aliphatic carbocycles. The zero-order chi connectivity index (χ0) is 14.6. The Morgan fingerprint density at radius 3 is 2.53 bits per heavy atom. The second-order valence-corrected chi connectivity index (χ2v) is 4.17. The van der Waals surface area contributed by atoms with Crippen LogP contribution in [0.4, 0.5) is 11.4 Å². The lowest BCUT2D eigenvalue weighted by molar-refractivity contribution is -0.385. The van der Waals surface area contributed by atoms with Gasteiger partial charge in [-0.15, -0.1) is 0 Å². The third-order valence-electron chi connectivity index (χ3n) is 2.49. The number of hydrogen-bond donors (Lipinski definition) is 2. The zero-order valence-corrected chi connectivity index (χ0v) is 10.9. The molecule has 1 rings (SSSR count). The van der Waals surface area contributed by atoms with Crippen molar-refractivity contribution >= 4 is 23.2 Å². The average Bonchev–Trinajstić information content (AvgIpc) is 2.30. The van der Waals surface area contributed by atoms with E-state index in [1.54, 1.807) is 19.1 Å². The highest BCUT2D eigenvalue weighted by Crippen LogP contribution is 2.22. The first kappa shape index (κ1) is 14.6. The van der Waals surface area contributed by atoms with Gasteiger partial charge >= 0.3 is 0 Å². The Morgan fingerprint density at radius 2 is 2.00 bits per heavy atom. The van der Waals surface area contributed by atoms with Crippen molar-refractivity contribution in [2.24, 2.45) is 0 Å². The number of hydrogen-bond acceptors (Lipinski definition) is 4. The number of carbonyl (C=O) groups excluding carboxylic acids is 2. The highest BCUT2D eigenvalue weighted by molar-refractivity contribution is 5.96. The van der Waals surface area contributed by atoms with Crippen molar-refractivity contribution in [3.05, 3.63) is 33.9 Å². The molecule has 7 heteroatoms. The van der Waals surface area contributed by atoms with Crippen molar-refractivity contribution in [2.45, 2.75) is 26.8 Å². The summed E-state index contributed by atoms with van der Waals surface area (Å²) < 4.78 is 0. The van der Waals surface area contributed by atoms with Gasteiger partial charge in [0.05, 0.1) is 4.92 Å². The molecule has 0 aromatic heterocycles. The van der Waals surface area contributed by atoms with Crippen molar-refractivity contribution in [2.75, 3.05) is 5.32 Å². The van der Waals surface area contributed by atoms with E-state index >= 15 is 0 Å². The van der Waals surface area contributed by atoms with Crippen LogP contribution in [-0.2, 0) is 9.59 Å². The van der Waals surface area contributed by atoms with Crippen molar-refractivity contribution in [1.82, 2.24) is 5.32 Å². The van der Waals surface area contributed by atoms with Crippen LogP contribution in [0.25, 0.3) is 0 Å². The van der Waals surface area contributed by atoms with E-state index in [1.165, 1.54) is 19.9 Å². The fourth-order valence-corrected chi connectivity index (χ4v) is 1.50. The van der Waals surface area contributed by atoms with E-state index in [2.05, 4.69) is 10.6 Å². The molecule has 1 unspecified atom stereocenters. The lowest BCUT2D eigenvalue weighted by Crippen LogP contribution is -2.40. The highest BCUT2D eigenvalue weighted by atomic mass is 16.6. The SMILES string of the molecule is CC(=O)NC(C)C(=O)Nc1ccc(C)c([N+](=O)[O-])c1. The van der Waals surface area contributed by atoms with Gasteiger partial charge in [-0.2, -0.15) is 0 Å². The van der Waals surface area contributed by atoms with Crippen molar-refractivity contribution in [3.63, 3.8) is 0 Å². The van der Waals surface area contributed by atoms with Crippen LogP contribution >= 0.6 is 0 Å². The summed E-state index contributed by atoms with van der Waals surface area (Å²) in [6.07, 6.45) is 0. The van der Waals surface area contributed by atoms with Crippen LogP contribution in [-0.4, -0.2) is 22.8 Å². The molecule has 2 amide bonds. The summed E-state index contributed by atoms with van der Waals surface area (Å²) in [7, 11) is 0. The van der Waals surface area contributed by atoms with Crippen LogP contribution in [0.3, 0.4) is 0 Å². The second kappa shape index (κ2) is 5.94. The summed E-state index contributed by atoms with van der Waals surface area (Å²) in [4.78, 5) is 32.8. The van der Waals surface area contributed by atoms with Crippen LogP contribution in [0, 0.1) is 17.0 Å². The van der Waals surface area contributed by atoms with E-state index in [0.717, 1.165) is 0 Å². The quantitative estimate of drug-likeness (QED) is 0.634. The Balaban J connectivity index is 2.83. The largest absolute Gasteiger partial charge is 0.345 e. The molecule has 0 heterocycles. The molecule has 1 aromatic carbocycles. The van der Waals surface area contributed by atoms with Crippen LogP contribution in [0.1, 0.15) is 19.4 Å². The number of nitrogens with one attached hydrogen (secondary N) is 2. The van der Waals surface area contributed by atoms with Gasteiger partial charge in [-0.1, -0.05) is 6.07 Å². The summed E-state index contributed by atoms with van der Waals surface area (Å²) in [5.74, 6) is -0.758. The maximum Gasteiger partial charge on any atom is 0.274 e. The summed E-state index contributed by atoms with van der Waals surface area (Å²) in [5.41, 5.74) is 0.766. The smallest absolute Gasteiger partial charge is 0.274 e. The zero-order valence-electron chi connectivity index (χ0n) is 10.9. The molecule has 2 N–H and O–H groups in total. The minimum Gasteiger partial charge on any atom is -0.345 e. The minimum absolute atomic E-state index is 0.0648. The lowest BCUT2D eigenvalue weighted by atomic mass is 10.2. The monoisotopic (exact) mass is 265 g/mol. The van der Waals surface area contributed by atoms with Gasteiger partial charge in [0.25, 0.3) is 5.69 Å². The lowest BCUT2D eigenvalue weighted by Gasteiger charge is -2.12. The molecule has 1 aromatic rings. The van der Waals surface area contributed by atoms with Gasteiger partial charge in [-0.05, 0) is 19.9 Å². The first-order valence-corrected chi connectivity index (χ1v) is 5.64. The first-order chi connectivity index (χ1) is 8.81. The molecule has 0 bridgehead atoms. The average molecular weight is 265 g/mol. The van der Waals surface area contributed by atoms with Gasteiger partial charge in [0.2, 0.25) is 11.8 Å². The molecule has 0 radical (unpaired) electrons. The van der Waals surface area contributed by atoms with E-state index in [9.17, 15) is 19.7 Å². The maximum absolute atomic E-state index is 11.7. The van der Waals surface area contributed by atoms with Crippen molar-refractivity contribution in [3.8, 4) is 0 Å². The van der Waals surface area contributed by atoms with E-state index in [-0.39, 0.29) is 11.6 Å². The number of anilines is 1. The van der Waals surface area contributed by atoms with E-state index in [0.29, 0.717) is 11.3 Å². The molecule has 0 aliphatic rings. The Hall–Kier alpha value is -2.44. The Kier molecular flexibility index (Phi) is 4.57. The number of nitro benzene ring substituents is 1. The topological polar surface area (TPSA) is 101 Å². The van der Waals surface area contributed by atoms with Gasteiger partial charge in [0, 0.05) is 24.2 Å². The second-order valence-electron chi connectivity index (χ2n) is 4.17. The number of aryl methyl sites for hydroxylation is 1. The normalized spacial score (nSPS) is 11.5. The molecule has 1 atom stereocenters. The summed E-state index contributed by atoms with van der Waals surface area (Å²) >= 11 is 0. The van der Waals surface area contributed by atoms with Gasteiger partial charge in [-0.3, -0.25) is 19.7 Å². The van der Waals surface area contributed by atoms with Gasteiger partial charge < -0.3 is 10.6 Å². The molecule has 0 fully saturated rings. The van der Waals surface area contributed by atoms with Gasteiger partial charge in [0.1, 0.15) is 6.04 Å². The molecule has 7 nitrogen and oxygen atoms in total. The Morgan fingerprint density at radius 1 is 1.37 bits per heavy atom. The van der Waals surface area contributed by atoms with Crippen LogP contribution in [0.2, 0.25) is 0 Å². The fourth-order valence-electron chi connectivity index (χ4n) is 1.50. The standard InChI is InChI=1S/C12H15N3O4/c1-7-4-5-10(6-11(7)15(18)19)14-12(17)8(2)13-9(3)16/h4-6,8H,1-3H3,(H,13,16)(H,14,17). The van der Waals surface area contributed by atoms with Crippen LogP contribution in [0.15, 0.2) is 18.2 Å². The molecular formula is C12H15N3O4. The summed E-state index contributed by atoms with van der Waals surface area (Å²) in [6, 6.07) is 3.70. The summed E-state index contributed by atoms with van der Waals surface area (Å²) in [6.45, 7) is 4.45. The Labute approximate surface area is 110 Å². The van der Waals surface area contributed by atoms with E-state index < -0.39 is 16.9 Å². The van der Waals surface area contributed by atoms with Crippen LogP contribution in [0.5, 0.6) is 0 Å². The minimum atomic E-state index is -0.710. The predicted molar refractivity (Wildman–Crippen MR) is 69.7 cm³/mol. The third-order valence-corrected chi connectivity index (χ3v) is 2.49. The summed E-state index contributed by atoms with van der Waals surface area (Å²) in [5, 5.41) is 15.7. The fraction of sp³-hybridized carbons (Fsp3) is 0.333. The van der Waals surface area contributed by atoms with E-state index in [4.69, 9.17) is 0 Å². The van der Waals surface area contributed by atoms with Crippen LogP contribution < -0.4 is 10.6 Å². The third kappa shape index (κ3) is 4.06. The first-order valence-electron chi connectivity index (χ1n) is 5.64. The molecule has 19 heavy (non-hydrogen) atoms. The highest BCUT2D eigenvalue weighted by Gasteiger charge is 2.16. The molecular weight excluding hydrogens is 250 g/mol. The molecule has 0 saturated carbocycles. The maximum atomic E-state index is 11.7. The number of carbonyl (C=O) groups is 2. The van der Waals surface area contributed by atoms with Crippen molar-refractivity contribution in [1.29, 1.82) is 0 Å². The number of benzene rings is 1. The molecule has 0 saturated heterocycles. The molecule has 0 aliphatic heterocycles. The predicted octanol–water partition coefficient (Wildman–Crippen LogP) is 1.37.